The SMILES string of the molecule is CNc1cc(C(=O)N2CCCC2c2nonc2C)ccn1. The van der Waals surface area contributed by atoms with Crippen molar-refractivity contribution in [2.75, 3.05) is 18.9 Å². The van der Waals surface area contributed by atoms with Crippen LogP contribution in [0.4, 0.5) is 5.82 Å². The van der Waals surface area contributed by atoms with Crippen LogP contribution in [-0.4, -0.2) is 39.7 Å². The Labute approximate surface area is 122 Å². The molecule has 0 radical (unpaired) electrons. The van der Waals surface area contributed by atoms with E-state index in [0.29, 0.717) is 17.9 Å². The first kappa shape index (κ1) is 13.5. The number of anilines is 1. The Morgan fingerprint density at radius 3 is 3.05 bits per heavy atom. The van der Waals surface area contributed by atoms with E-state index in [4.69, 9.17) is 4.63 Å². The maximum atomic E-state index is 12.7. The molecule has 0 saturated carbocycles. The van der Waals surface area contributed by atoms with E-state index >= 15 is 0 Å². The lowest BCUT2D eigenvalue weighted by Crippen LogP contribution is -2.31. The highest BCUT2D eigenvalue weighted by molar-refractivity contribution is 5.95. The third-order valence-corrected chi connectivity index (χ3v) is 3.78. The van der Waals surface area contributed by atoms with Crippen molar-refractivity contribution in [3.05, 3.63) is 35.3 Å². The van der Waals surface area contributed by atoms with Crippen molar-refractivity contribution >= 4 is 11.7 Å². The number of hydrogen-bond donors (Lipinski definition) is 1. The highest BCUT2D eigenvalue weighted by Gasteiger charge is 2.34. The highest BCUT2D eigenvalue weighted by atomic mass is 16.6. The van der Waals surface area contributed by atoms with Gasteiger partial charge in [0.1, 0.15) is 17.2 Å². The fraction of sp³-hybridized carbons (Fsp3) is 0.429. The van der Waals surface area contributed by atoms with Crippen molar-refractivity contribution in [3.63, 3.8) is 0 Å². The molecule has 2 aromatic rings. The third kappa shape index (κ3) is 2.46. The summed E-state index contributed by atoms with van der Waals surface area (Å²) in [5, 5.41) is 10.7. The minimum Gasteiger partial charge on any atom is -0.373 e. The lowest BCUT2D eigenvalue weighted by atomic mass is 10.1. The van der Waals surface area contributed by atoms with Crippen molar-refractivity contribution in [2.24, 2.45) is 0 Å². The molecular weight excluding hydrogens is 270 g/mol. The number of rotatable bonds is 3. The number of aromatic nitrogens is 3. The average molecular weight is 287 g/mol. The fourth-order valence-electron chi connectivity index (χ4n) is 2.70. The molecule has 2 aromatic heterocycles. The molecule has 1 saturated heterocycles. The molecule has 0 aliphatic carbocycles. The average Bonchev–Trinajstić information content (AvgIpc) is 3.14. The van der Waals surface area contributed by atoms with Crippen LogP contribution in [0.25, 0.3) is 0 Å². The van der Waals surface area contributed by atoms with E-state index in [-0.39, 0.29) is 11.9 Å². The van der Waals surface area contributed by atoms with Crippen LogP contribution in [0.5, 0.6) is 0 Å². The first-order chi connectivity index (χ1) is 10.2. The topological polar surface area (TPSA) is 84.2 Å². The van der Waals surface area contributed by atoms with Gasteiger partial charge in [-0.2, -0.15) is 0 Å². The lowest BCUT2D eigenvalue weighted by molar-refractivity contribution is 0.0730. The Hall–Kier alpha value is -2.44. The lowest BCUT2D eigenvalue weighted by Gasteiger charge is -2.23. The molecule has 7 heteroatoms. The standard InChI is InChI=1S/C14H17N5O2/c1-9-13(18-21-17-9)11-4-3-7-19(11)14(20)10-5-6-16-12(8-10)15-2/h5-6,8,11H,3-4,7H2,1-2H3,(H,15,16). The molecule has 1 aliphatic heterocycles. The summed E-state index contributed by atoms with van der Waals surface area (Å²) in [6.45, 7) is 2.56. The number of pyridine rings is 1. The molecule has 1 atom stereocenters. The zero-order valence-electron chi connectivity index (χ0n) is 12.0. The number of hydrogen-bond acceptors (Lipinski definition) is 6. The number of nitrogens with one attached hydrogen (secondary N) is 1. The van der Waals surface area contributed by atoms with Gasteiger partial charge >= 0.3 is 0 Å². The molecule has 1 fully saturated rings. The first-order valence-electron chi connectivity index (χ1n) is 6.94. The number of aryl methyl sites for hydroxylation is 1. The van der Waals surface area contributed by atoms with Gasteiger partial charge in [0.05, 0.1) is 6.04 Å². The Morgan fingerprint density at radius 1 is 1.48 bits per heavy atom. The van der Waals surface area contributed by atoms with Crippen LogP contribution in [0.1, 0.15) is 40.6 Å². The summed E-state index contributed by atoms with van der Waals surface area (Å²) in [7, 11) is 1.78. The molecule has 7 nitrogen and oxygen atoms in total. The van der Waals surface area contributed by atoms with Crippen molar-refractivity contribution in [2.45, 2.75) is 25.8 Å². The van der Waals surface area contributed by atoms with E-state index in [0.717, 1.165) is 24.2 Å². The van der Waals surface area contributed by atoms with Gasteiger partial charge in [-0.3, -0.25) is 4.79 Å². The van der Waals surface area contributed by atoms with Crippen LogP contribution in [0.3, 0.4) is 0 Å². The summed E-state index contributed by atoms with van der Waals surface area (Å²) in [5.41, 5.74) is 2.12. The van der Waals surface area contributed by atoms with E-state index < -0.39 is 0 Å². The van der Waals surface area contributed by atoms with Gasteiger partial charge in [0.15, 0.2) is 0 Å². The number of likely N-dealkylation sites (tertiary alicyclic amines) is 1. The fourth-order valence-corrected chi connectivity index (χ4v) is 2.70. The minimum atomic E-state index is -0.0602. The molecule has 110 valence electrons. The maximum Gasteiger partial charge on any atom is 0.254 e. The molecule has 1 N–H and O–H groups in total. The Bertz CT molecular complexity index is 654. The second-order valence-electron chi connectivity index (χ2n) is 5.07. The Balaban J connectivity index is 1.88. The number of carbonyl (C=O) groups excluding carboxylic acids is 1. The second kappa shape index (κ2) is 5.51. The Morgan fingerprint density at radius 2 is 2.33 bits per heavy atom. The summed E-state index contributed by atoms with van der Waals surface area (Å²) in [5.74, 6) is 0.662. The van der Waals surface area contributed by atoms with Crippen LogP contribution >= 0.6 is 0 Å². The van der Waals surface area contributed by atoms with Crippen molar-refractivity contribution < 1.29 is 9.42 Å². The van der Waals surface area contributed by atoms with Crippen LogP contribution in [-0.2, 0) is 0 Å². The zero-order chi connectivity index (χ0) is 14.8. The van der Waals surface area contributed by atoms with Gasteiger partial charge < -0.3 is 10.2 Å². The molecule has 1 amide bonds. The zero-order valence-corrected chi connectivity index (χ0v) is 12.0. The van der Waals surface area contributed by atoms with Gasteiger partial charge in [0.2, 0.25) is 0 Å². The largest absolute Gasteiger partial charge is 0.373 e. The predicted molar refractivity (Wildman–Crippen MR) is 75.8 cm³/mol. The number of carbonyl (C=O) groups is 1. The summed E-state index contributed by atoms with van der Waals surface area (Å²) >= 11 is 0. The van der Waals surface area contributed by atoms with E-state index in [2.05, 4.69) is 20.6 Å². The van der Waals surface area contributed by atoms with Crippen molar-refractivity contribution in [1.82, 2.24) is 20.2 Å². The van der Waals surface area contributed by atoms with Gasteiger partial charge in [-0.1, -0.05) is 10.3 Å². The molecule has 0 bridgehead atoms. The molecule has 0 spiro atoms. The molecule has 1 aliphatic rings. The Kier molecular flexibility index (Phi) is 3.55. The van der Waals surface area contributed by atoms with Gasteiger partial charge in [-0.05, 0) is 31.9 Å². The molecule has 3 rings (SSSR count). The maximum absolute atomic E-state index is 12.7. The van der Waals surface area contributed by atoms with Gasteiger partial charge in [-0.25, -0.2) is 9.61 Å². The molecular formula is C14H17N5O2. The summed E-state index contributed by atoms with van der Waals surface area (Å²) in [4.78, 5) is 18.7. The molecule has 1 unspecified atom stereocenters. The van der Waals surface area contributed by atoms with Crippen LogP contribution in [0, 0.1) is 6.92 Å². The predicted octanol–water partition coefficient (Wildman–Crippen LogP) is 1.79. The normalized spacial score (nSPS) is 18.0. The van der Waals surface area contributed by atoms with E-state index in [1.807, 2.05) is 11.8 Å². The summed E-state index contributed by atoms with van der Waals surface area (Å²) in [6.07, 6.45) is 3.46. The molecule has 3 heterocycles. The monoisotopic (exact) mass is 287 g/mol. The van der Waals surface area contributed by atoms with Gasteiger partial charge in [-0.15, -0.1) is 0 Å². The van der Waals surface area contributed by atoms with Gasteiger partial charge in [0, 0.05) is 25.4 Å². The second-order valence-corrected chi connectivity index (χ2v) is 5.07. The number of nitrogens with zero attached hydrogens (tertiary/aromatic N) is 4. The summed E-state index contributed by atoms with van der Waals surface area (Å²) in [6, 6.07) is 3.42. The van der Waals surface area contributed by atoms with E-state index in [9.17, 15) is 4.79 Å². The quantitative estimate of drug-likeness (QED) is 0.926. The van der Waals surface area contributed by atoms with Crippen LogP contribution < -0.4 is 5.32 Å². The van der Waals surface area contributed by atoms with E-state index in [1.54, 1.807) is 25.4 Å². The van der Waals surface area contributed by atoms with Gasteiger partial charge in [0.25, 0.3) is 5.91 Å². The molecule has 21 heavy (non-hydrogen) atoms. The van der Waals surface area contributed by atoms with Crippen molar-refractivity contribution in [3.8, 4) is 0 Å². The first-order valence-corrected chi connectivity index (χ1v) is 6.94. The van der Waals surface area contributed by atoms with Crippen molar-refractivity contribution in [1.29, 1.82) is 0 Å². The third-order valence-electron chi connectivity index (χ3n) is 3.78. The smallest absolute Gasteiger partial charge is 0.254 e. The van der Waals surface area contributed by atoms with Crippen LogP contribution in [0.2, 0.25) is 0 Å². The van der Waals surface area contributed by atoms with Crippen LogP contribution in [0.15, 0.2) is 23.0 Å². The number of amides is 1. The summed E-state index contributed by atoms with van der Waals surface area (Å²) < 4.78 is 4.77. The minimum absolute atomic E-state index is 0.0150. The van der Waals surface area contributed by atoms with E-state index in [1.165, 1.54) is 0 Å². The molecule has 0 aromatic carbocycles. The highest BCUT2D eigenvalue weighted by Crippen LogP contribution is 2.33.